The van der Waals surface area contributed by atoms with Gasteiger partial charge in [-0.2, -0.15) is 12.1 Å². The molecule has 0 aliphatic rings. The van der Waals surface area contributed by atoms with Crippen LogP contribution in [0.3, 0.4) is 0 Å². The SMILES string of the molecule is [Y].[c-]1ncccc1-c1[c-]nc(-c2ccccn2)cc1. The monoisotopic (exact) mass is 320 g/mol. The normalized spacial score (nSPS) is 9.68. The summed E-state index contributed by atoms with van der Waals surface area (Å²) in [5, 5.41) is 0. The number of hydrogen-bond donors (Lipinski definition) is 0. The molecule has 19 heavy (non-hydrogen) atoms. The molecule has 0 bridgehead atoms. The van der Waals surface area contributed by atoms with Gasteiger partial charge in [-0.3, -0.25) is 4.98 Å². The van der Waals surface area contributed by atoms with Crippen molar-refractivity contribution in [2.75, 3.05) is 0 Å². The van der Waals surface area contributed by atoms with Crippen LogP contribution < -0.4 is 0 Å². The van der Waals surface area contributed by atoms with E-state index >= 15 is 0 Å². The molecule has 3 aromatic heterocycles. The molecule has 89 valence electrons. The molecule has 0 saturated heterocycles. The summed E-state index contributed by atoms with van der Waals surface area (Å²) < 4.78 is 0. The maximum Gasteiger partial charge on any atom is 0.0465 e. The van der Waals surface area contributed by atoms with Gasteiger partial charge in [0.25, 0.3) is 0 Å². The minimum atomic E-state index is 0. The molecule has 0 fully saturated rings. The first kappa shape index (κ1) is 14.0. The van der Waals surface area contributed by atoms with Crippen LogP contribution in [-0.2, 0) is 32.7 Å². The number of nitrogens with zero attached hydrogens (tertiary/aromatic N) is 3. The Kier molecular flexibility index (Phi) is 4.89. The minimum Gasteiger partial charge on any atom is -0.371 e. The van der Waals surface area contributed by atoms with Gasteiger partial charge in [-0.05, 0) is 12.1 Å². The van der Waals surface area contributed by atoms with Gasteiger partial charge >= 0.3 is 0 Å². The van der Waals surface area contributed by atoms with Crippen molar-refractivity contribution in [2.45, 2.75) is 0 Å². The molecule has 0 unspecified atom stereocenters. The molecule has 1 radical (unpaired) electrons. The van der Waals surface area contributed by atoms with Gasteiger partial charge in [0, 0.05) is 50.3 Å². The van der Waals surface area contributed by atoms with Crippen LogP contribution in [0.15, 0.2) is 54.9 Å². The summed E-state index contributed by atoms with van der Waals surface area (Å²) in [4.78, 5) is 12.5. The van der Waals surface area contributed by atoms with Crippen LogP contribution >= 0.6 is 0 Å². The topological polar surface area (TPSA) is 38.7 Å². The average Bonchev–Trinajstić information content (AvgIpc) is 2.49. The Morgan fingerprint density at radius 3 is 2.26 bits per heavy atom. The van der Waals surface area contributed by atoms with E-state index in [2.05, 4.69) is 27.3 Å². The number of hydrogen-bond acceptors (Lipinski definition) is 3. The van der Waals surface area contributed by atoms with Crippen molar-refractivity contribution >= 4 is 0 Å². The smallest absolute Gasteiger partial charge is 0.0465 e. The number of rotatable bonds is 2. The molecule has 0 atom stereocenters. The molecule has 0 aromatic carbocycles. The first-order valence-corrected chi connectivity index (χ1v) is 5.57. The average molecular weight is 320 g/mol. The number of aromatic nitrogens is 3. The molecule has 0 amide bonds. The van der Waals surface area contributed by atoms with Crippen molar-refractivity contribution in [2.24, 2.45) is 0 Å². The molecule has 0 N–H and O–H groups in total. The van der Waals surface area contributed by atoms with E-state index in [-0.39, 0.29) is 32.7 Å². The predicted molar refractivity (Wildman–Crippen MR) is 68.4 cm³/mol. The van der Waals surface area contributed by atoms with E-state index in [0.29, 0.717) is 0 Å². The second-order valence-corrected chi connectivity index (χ2v) is 3.73. The molecule has 0 saturated carbocycles. The summed E-state index contributed by atoms with van der Waals surface area (Å²) in [6.07, 6.45) is 9.34. The van der Waals surface area contributed by atoms with Gasteiger partial charge in [0.15, 0.2) is 0 Å². The molecule has 0 aliphatic heterocycles. The summed E-state index contributed by atoms with van der Waals surface area (Å²) in [6, 6.07) is 13.4. The van der Waals surface area contributed by atoms with Gasteiger partial charge in [-0.1, -0.05) is 24.7 Å². The fourth-order valence-electron chi connectivity index (χ4n) is 1.64. The Morgan fingerprint density at radius 2 is 1.63 bits per heavy atom. The molecule has 0 aliphatic carbocycles. The Labute approximate surface area is 137 Å². The van der Waals surface area contributed by atoms with E-state index in [9.17, 15) is 0 Å². The molecule has 4 heteroatoms. The van der Waals surface area contributed by atoms with E-state index in [1.807, 2.05) is 42.5 Å². The molecular weight excluding hydrogens is 311 g/mol. The van der Waals surface area contributed by atoms with Crippen molar-refractivity contribution < 1.29 is 32.7 Å². The summed E-state index contributed by atoms with van der Waals surface area (Å²) in [5.74, 6) is 0. The molecule has 3 nitrogen and oxygen atoms in total. The standard InChI is InChI=1S/C15H9N3.Y/c1-2-9-17-14(5-1)15-7-6-13(11-18-15)12-4-3-8-16-10-12;/h1-9H;/q-2;. The maximum atomic E-state index is 4.29. The Bertz CT molecular complexity index is 566. The fourth-order valence-corrected chi connectivity index (χ4v) is 1.64. The maximum absolute atomic E-state index is 4.29. The van der Waals surface area contributed by atoms with Crippen molar-refractivity contribution in [3.05, 3.63) is 67.3 Å². The van der Waals surface area contributed by atoms with Crippen LogP contribution in [-0.4, -0.2) is 15.0 Å². The van der Waals surface area contributed by atoms with E-state index in [1.54, 1.807) is 12.4 Å². The Balaban J connectivity index is 0.00000133. The van der Waals surface area contributed by atoms with Gasteiger partial charge < -0.3 is 9.97 Å². The van der Waals surface area contributed by atoms with E-state index in [4.69, 9.17) is 0 Å². The third kappa shape index (κ3) is 3.31. The second kappa shape index (κ2) is 6.64. The van der Waals surface area contributed by atoms with E-state index < -0.39 is 0 Å². The quantitative estimate of drug-likeness (QED) is 0.682. The zero-order valence-electron chi connectivity index (χ0n) is 10.1. The first-order valence-electron chi connectivity index (χ1n) is 5.57. The van der Waals surface area contributed by atoms with Crippen molar-refractivity contribution in [3.63, 3.8) is 0 Å². The zero-order valence-corrected chi connectivity index (χ0v) is 13.0. The Morgan fingerprint density at radius 1 is 0.737 bits per heavy atom. The minimum absolute atomic E-state index is 0. The van der Waals surface area contributed by atoms with Crippen LogP contribution in [0.4, 0.5) is 0 Å². The van der Waals surface area contributed by atoms with Crippen LogP contribution in [0.2, 0.25) is 0 Å². The van der Waals surface area contributed by atoms with Gasteiger partial charge in [0.2, 0.25) is 0 Å². The summed E-state index contributed by atoms with van der Waals surface area (Å²) >= 11 is 0. The van der Waals surface area contributed by atoms with Crippen molar-refractivity contribution in [1.29, 1.82) is 0 Å². The predicted octanol–water partition coefficient (Wildman–Crippen LogP) is 2.80. The van der Waals surface area contributed by atoms with E-state index in [0.717, 1.165) is 22.5 Å². The molecule has 3 heterocycles. The summed E-state index contributed by atoms with van der Waals surface area (Å²) in [5.41, 5.74) is 3.42. The van der Waals surface area contributed by atoms with Crippen LogP contribution in [0.1, 0.15) is 0 Å². The molecule has 3 rings (SSSR count). The first-order chi connectivity index (χ1) is 8.93. The van der Waals surface area contributed by atoms with Crippen molar-refractivity contribution in [1.82, 2.24) is 15.0 Å². The van der Waals surface area contributed by atoms with Gasteiger partial charge in [0.05, 0.1) is 0 Å². The van der Waals surface area contributed by atoms with Gasteiger partial charge in [-0.25, -0.2) is 11.1 Å². The van der Waals surface area contributed by atoms with Crippen LogP contribution in [0, 0.1) is 12.4 Å². The van der Waals surface area contributed by atoms with E-state index in [1.165, 1.54) is 0 Å². The van der Waals surface area contributed by atoms with Gasteiger partial charge in [0.1, 0.15) is 0 Å². The van der Waals surface area contributed by atoms with Crippen LogP contribution in [0.5, 0.6) is 0 Å². The summed E-state index contributed by atoms with van der Waals surface area (Å²) in [6.45, 7) is 0. The third-order valence-corrected chi connectivity index (χ3v) is 2.53. The fraction of sp³-hybridized carbons (Fsp3) is 0. The number of pyridine rings is 3. The zero-order chi connectivity index (χ0) is 12.2. The summed E-state index contributed by atoms with van der Waals surface area (Å²) in [7, 11) is 0. The molecular formula is C15H9N3Y-2. The van der Waals surface area contributed by atoms with Crippen molar-refractivity contribution in [3.8, 4) is 22.5 Å². The second-order valence-electron chi connectivity index (χ2n) is 3.73. The van der Waals surface area contributed by atoms with Gasteiger partial charge in [-0.15, -0.1) is 12.1 Å². The van der Waals surface area contributed by atoms with Crippen LogP contribution in [0.25, 0.3) is 22.5 Å². The molecule has 3 aromatic rings. The largest absolute Gasteiger partial charge is 0.371 e. The Hall–Kier alpha value is -1.45. The third-order valence-electron chi connectivity index (χ3n) is 2.53. The molecule has 0 spiro atoms.